The average molecular weight is 255 g/mol. The molecule has 0 saturated heterocycles. The van der Waals surface area contributed by atoms with E-state index in [2.05, 4.69) is 11.0 Å². The van der Waals surface area contributed by atoms with E-state index in [0.717, 1.165) is 29.1 Å². The van der Waals surface area contributed by atoms with Crippen LogP contribution in [0.3, 0.4) is 0 Å². The Hall–Kier alpha value is -2.41. The van der Waals surface area contributed by atoms with E-state index < -0.39 is 0 Å². The smallest absolute Gasteiger partial charge is 0.105 e. The van der Waals surface area contributed by atoms with Crippen LogP contribution in [0.2, 0.25) is 0 Å². The summed E-state index contributed by atoms with van der Waals surface area (Å²) in [5.41, 5.74) is 9.58. The first-order chi connectivity index (χ1) is 9.11. The average Bonchev–Trinajstić information content (AvgIpc) is 2.78. The van der Waals surface area contributed by atoms with Crippen molar-refractivity contribution in [3.8, 4) is 6.07 Å². The Labute approximate surface area is 113 Å². The zero-order valence-electron chi connectivity index (χ0n) is 11.2. The molecule has 0 fully saturated rings. The highest BCUT2D eigenvalue weighted by molar-refractivity contribution is 5.59. The summed E-state index contributed by atoms with van der Waals surface area (Å²) in [7, 11) is 2.01. The molecule has 2 aromatic rings. The number of nitriles is 1. The number of nitrogen functional groups attached to an aromatic ring is 1. The van der Waals surface area contributed by atoms with Crippen LogP contribution in [0.15, 0.2) is 34.9 Å². The first kappa shape index (κ1) is 13.0. The third-order valence-electron chi connectivity index (χ3n) is 3.21. The summed E-state index contributed by atoms with van der Waals surface area (Å²) in [6, 6.07) is 9.88. The van der Waals surface area contributed by atoms with Crippen molar-refractivity contribution in [3.63, 3.8) is 0 Å². The predicted octanol–water partition coefficient (Wildman–Crippen LogP) is 2.87. The van der Waals surface area contributed by atoms with E-state index in [0.29, 0.717) is 12.1 Å². The fraction of sp³-hybridized carbons (Fsp3) is 0.267. The molecule has 0 unspecified atom stereocenters. The van der Waals surface area contributed by atoms with E-state index in [9.17, 15) is 0 Å². The summed E-state index contributed by atoms with van der Waals surface area (Å²) < 4.78 is 5.29. The van der Waals surface area contributed by atoms with Crippen molar-refractivity contribution in [1.82, 2.24) is 0 Å². The molecule has 4 heteroatoms. The molecule has 4 nitrogen and oxygen atoms in total. The van der Waals surface area contributed by atoms with Gasteiger partial charge in [0.05, 0.1) is 18.8 Å². The van der Waals surface area contributed by atoms with Crippen molar-refractivity contribution in [3.05, 3.63) is 47.4 Å². The van der Waals surface area contributed by atoms with Crippen LogP contribution in [0.25, 0.3) is 0 Å². The number of rotatable bonds is 4. The molecule has 98 valence electrons. The molecule has 2 rings (SSSR count). The zero-order chi connectivity index (χ0) is 13.8. The van der Waals surface area contributed by atoms with E-state index in [1.54, 1.807) is 6.26 Å². The lowest BCUT2D eigenvalue weighted by atomic mass is 10.1. The van der Waals surface area contributed by atoms with Gasteiger partial charge in [-0.2, -0.15) is 5.26 Å². The number of anilines is 2. The van der Waals surface area contributed by atoms with Crippen LogP contribution in [0.5, 0.6) is 0 Å². The summed E-state index contributed by atoms with van der Waals surface area (Å²) in [6.45, 7) is 2.71. The number of nitrogens with zero attached hydrogens (tertiary/aromatic N) is 2. The number of hydrogen-bond acceptors (Lipinski definition) is 4. The fourth-order valence-electron chi connectivity index (χ4n) is 1.99. The van der Waals surface area contributed by atoms with Gasteiger partial charge in [-0.1, -0.05) is 0 Å². The van der Waals surface area contributed by atoms with Crippen molar-refractivity contribution < 1.29 is 4.42 Å². The Bertz CT molecular complexity index is 610. The molecule has 19 heavy (non-hydrogen) atoms. The van der Waals surface area contributed by atoms with E-state index in [1.165, 1.54) is 0 Å². The van der Waals surface area contributed by atoms with Crippen molar-refractivity contribution in [2.24, 2.45) is 0 Å². The van der Waals surface area contributed by atoms with Gasteiger partial charge in [0.1, 0.15) is 5.76 Å². The van der Waals surface area contributed by atoms with Crippen molar-refractivity contribution >= 4 is 11.4 Å². The molecular weight excluding hydrogens is 238 g/mol. The lowest BCUT2D eigenvalue weighted by Crippen LogP contribution is -2.16. The molecule has 0 radical (unpaired) electrons. The van der Waals surface area contributed by atoms with Crippen LogP contribution >= 0.6 is 0 Å². The van der Waals surface area contributed by atoms with Crippen LogP contribution < -0.4 is 10.6 Å². The van der Waals surface area contributed by atoms with E-state index in [4.69, 9.17) is 15.4 Å². The first-order valence-corrected chi connectivity index (χ1v) is 6.11. The van der Waals surface area contributed by atoms with Gasteiger partial charge in [-0.25, -0.2) is 0 Å². The van der Waals surface area contributed by atoms with Gasteiger partial charge in [-0.3, -0.25) is 0 Å². The molecule has 0 aliphatic heterocycles. The minimum atomic E-state index is 0.332. The lowest BCUT2D eigenvalue weighted by Gasteiger charge is -2.20. The van der Waals surface area contributed by atoms with Crippen LogP contribution in [-0.2, 0) is 13.0 Å². The predicted molar refractivity (Wildman–Crippen MR) is 75.7 cm³/mol. The molecule has 1 aromatic carbocycles. The number of furan rings is 1. The highest BCUT2D eigenvalue weighted by Crippen LogP contribution is 2.23. The summed E-state index contributed by atoms with van der Waals surface area (Å²) in [5, 5.41) is 8.79. The Morgan fingerprint density at radius 2 is 2.11 bits per heavy atom. The van der Waals surface area contributed by atoms with Crippen LogP contribution in [0.1, 0.15) is 16.9 Å². The van der Waals surface area contributed by atoms with Crippen LogP contribution in [0.4, 0.5) is 11.4 Å². The lowest BCUT2D eigenvalue weighted by molar-refractivity contribution is 0.529. The Morgan fingerprint density at radius 1 is 1.32 bits per heavy atom. The third kappa shape index (κ3) is 2.89. The van der Waals surface area contributed by atoms with Crippen molar-refractivity contribution in [2.45, 2.75) is 19.9 Å². The molecule has 1 heterocycles. The van der Waals surface area contributed by atoms with E-state index >= 15 is 0 Å². The monoisotopic (exact) mass is 255 g/mol. The van der Waals surface area contributed by atoms with E-state index in [1.807, 2.05) is 38.2 Å². The van der Waals surface area contributed by atoms with Gasteiger partial charge in [-0.05, 0) is 36.8 Å². The summed E-state index contributed by atoms with van der Waals surface area (Å²) in [4.78, 5) is 2.11. The zero-order valence-corrected chi connectivity index (χ0v) is 11.2. The van der Waals surface area contributed by atoms with Crippen LogP contribution in [0, 0.1) is 18.3 Å². The topological polar surface area (TPSA) is 66.2 Å². The van der Waals surface area contributed by atoms with Gasteiger partial charge in [0.15, 0.2) is 0 Å². The Morgan fingerprint density at radius 3 is 2.74 bits per heavy atom. The normalized spacial score (nSPS) is 10.2. The second kappa shape index (κ2) is 5.49. The maximum atomic E-state index is 8.79. The Kier molecular flexibility index (Phi) is 3.76. The molecular formula is C15H17N3O. The minimum Gasteiger partial charge on any atom is -0.469 e. The molecule has 0 aliphatic rings. The number of hydrogen-bond donors (Lipinski definition) is 1. The van der Waals surface area contributed by atoms with Gasteiger partial charge in [0.25, 0.3) is 0 Å². The molecule has 0 saturated carbocycles. The fourth-order valence-corrected chi connectivity index (χ4v) is 1.99. The molecule has 0 atom stereocenters. The molecule has 0 spiro atoms. The second-order valence-corrected chi connectivity index (χ2v) is 4.58. The summed E-state index contributed by atoms with van der Waals surface area (Å²) in [6.07, 6.45) is 2.03. The maximum absolute atomic E-state index is 8.79. The maximum Gasteiger partial charge on any atom is 0.105 e. The van der Waals surface area contributed by atoms with E-state index in [-0.39, 0.29) is 0 Å². The molecule has 1 aromatic heterocycles. The van der Waals surface area contributed by atoms with Gasteiger partial charge in [0.2, 0.25) is 0 Å². The van der Waals surface area contributed by atoms with Crippen molar-refractivity contribution in [1.29, 1.82) is 5.26 Å². The van der Waals surface area contributed by atoms with Gasteiger partial charge >= 0.3 is 0 Å². The number of benzene rings is 1. The largest absolute Gasteiger partial charge is 0.469 e. The molecule has 0 amide bonds. The number of nitrogens with two attached hydrogens (primary N) is 1. The standard InChI is InChI=1S/C15H17N3O/c1-11-13(6-8-19-11)10-18(2)14-3-4-15(17)12(9-14)5-7-16/h3-4,6,8-9H,5,10,17H2,1-2H3. The van der Waals surface area contributed by atoms with Crippen LogP contribution in [-0.4, -0.2) is 7.05 Å². The summed E-state index contributed by atoms with van der Waals surface area (Å²) in [5.74, 6) is 0.930. The quantitative estimate of drug-likeness (QED) is 0.853. The number of aryl methyl sites for hydroxylation is 1. The van der Waals surface area contributed by atoms with Gasteiger partial charge in [0, 0.05) is 30.5 Å². The van der Waals surface area contributed by atoms with Gasteiger partial charge < -0.3 is 15.1 Å². The SMILES string of the molecule is Cc1occc1CN(C)c1ccc(N)c(CC#N)c1. The summed E-state index contributed by atoms with van der Waals surface area (Å²) >= 11 is 0. The van der Waals surface area contributed by atoms with Gasteiger partial charge in [-0.15, -0.1) is 0 Å². The highest BCUT2D eigenvalue weighted by atomic mass is 16.3. The molecule has 2 N–H and O–H groups in total. The molecule has 0 aliphatic carbocycles. The second-order valence-electron chi connectivity index (χ2n) is 4.58. The molecule has 0 bridgehead atoms. The van der Waals surface area contributed by atoms with Crippen molar-refractivity contribution in [2.75, 3.05) is 17.7 Å². The first-order valence-electron chi connectivity index (χ1n) is 6.11. The third-order valence-corrected chi connectivity index (χ3v) is 3.21. The highest BCUT2D eigenvalue weighted by Gasteiger charge is 2.08. The Balaban J connectivity index is 2.20. The minimum absolute atomic E-state index is 0.332.